The fraction of sp³-hybridized carbons (Fsp3) is 0.421. The van der Waals surface area contributed by atoms with E-state index in [0.717, 1.165) is 29.7 Å². The highest BCUT2D eigenvalue weighted by Crippen LogP contribution is 2.39. The SMILES string of the molecule is O=C(O)c1ccc(CCC[C@@H]2[C@@H](C#Cc3ccsc3)[C@H](O)C[C@@H]2Cl)s1. The summed E-state index contributed by atoms with van der Waals surface area (Å²) in [5.41, 5.74) is 0.980. The Kier molecular flexibility index (Phi) is 6.19. The molecule has 0 spiro atoms. The van der Waals surface area contributed by atoms with Crippen LogP contribution in [0.4, 0.5) is 0 Å². The molecule has 3 rings (SSSR count). The molecule has 2 aromatic heterocycles. The summed E-state index contributed by atoms with van der Waals surface area (Å²) in [7, 11) is 0. The van der Waals surface area contributed by atoms with Crippen LogP contribution >= 0.6 is 34.3 Å². The third-order valence-corrected chi connectivity index (χ3v) is 6.86. The first-order valence-electron chi connectivity index (χ1n) is 8.22. The van der Waals surface area contributed by atoms with Crippen molar-refractivity contribution in [2.75, 3.05) is 0 Å². The summed E-state index contributed by atoms with van der Waals surface area (Å²) in [6.45, 7) is 0. The fourth-order valence-corrected chi connectivity index (χ4v) is 5.21. The number of alkyl halides is 1. The number of halogens is 1. The lowest BCUT2D eigenvalue weighted by molar-refractivity contribution is 0.0702. The highest BCUT2D eigenvalue weighted by Gasteiger charge is 2.40. The summed E-state index contributed by atoms with van der Waals surface area (Å²) in [6, 6.07) is 5.51. The predicted octanol–water partition coefficient (Wildman–Crippen LogP) is 4.49. The first kappa shape index (κ1) is 18.5. The van der Waals surface area contributed by atoms with Crippen molar-refractivity contribution < 1.29 is 15.0 Å². The van der Waals surface area contributed by atoms with Gasteiger partial charge in [-0.15, -0.1) is 22.9 Å². The highest BCUT2D eigenvalue weighted by atomic mass is 35.5. The van der Waals surface area contributed by atoms with Gasteiger partial charge in [0.2, 0.25) is 0 Å². The van der Waals surface area contributed by atoms with Crippen molar-refractivity contribution in [3.63, 3.8) is 0 Å². The second-order valence-electron chi connectivity index (χ2n) is 6.25. The molecule has 0 amide bonds. The Morgan fingerprint density at radius 2 is 2.20 bits per heavy atom. The number of carbonyl (C=O) groups is 1. The van der Waals surface area contributed by atoms with Gasteiger partial charge in [0.25, 0.3) is 0 Å². The Labute approximate surface area is 160 Å². The summed E-state index contributed by atoms with van der Waals surface area (Å²) in [5.74, 6) is 5.58. The third kappa shape index (κ3) is 4.65. The zero-order chi connectivity index (χ0) is 17.8. The zero-order valence-electron chi connectivity index (χ0n) is 13.5. The van der Waals surface area contributed by atoms with Crippen LogP contribution in [-0.2, 0) is 6.42 Å². The maximum Gasteiger partial charge on any atom is 0.345 e. The van der Waals surface area contributed by atoms with Crippen molar-refractivity contribution >= 4 is 40.2 Å². The van der Waals surface area contributed by atoms with Gasteiger partial charge in [-0.25, -0.2) is 4.79 Å². The number of carboxylic acid groups (broad SMARTS) is 1. The Bertz CT molecular complexity index is 772. The molecule has 2 N–H and O–H groups in total. The maximum absolute atomic E-state index is 10.9. The Balaban J connectivity index is 1.59. The third-order valence-electron chi connectivity index (χ3n) is 4.54. The molecule has 4 atom stereocenters. The van der Waals surface area contributed by atoms with Gasteiger partial charge in [-0.05, 0) is 55.2 Å². The molecule has 25 heavy (non-hydrogen) atoms. The first-order chi connectivity index (χ1) is 12.0. The molecule has 0 radical (unpaired) electrons. The van der Waals surface area contributed by atoms with Gasteiger partial charge < -0.3 is 10.2 Å². The van der Waals surface area contributed by atoms with Gasteiger partial charge in [0, 0.05) is 21.2 Å². The van der Waals surface area contributed by atoms with Crippen LogP contribution in [0.5, 0.6) is 0 Å². The molecular weight excluding hydrogens is 376 g/mol. The number of hydrogen-bond acceptors (Lipinski definition) is 4. The van der Waals surface area contributed by atoms with Gasteiger partial charge in [-0.1, -0.05) is 11.8 Å². The standard InChI is InChI=1S/C19H19ClO3S2/c20-16-10-17(21)15(6-4-12-8-9-24-11-12)14(16)3-1-2-13-5-7-18(25-13)19(22)23/h5,7-9,11,14-17,21H,1-3,10H2,(H,22,23)/t14-,15-,16+,17-/m1/s1. The zero-order valence-corrected chi connectivity index (χ0v) is 15.9. The Morgan fingerprint density at radius 3 is 2.88 bits per heavy atom. The van der Waals surface area contributed by atoms with Crippen LogP contribution in [0, 0.1) is 23.7 Å². The average Bonchev–Trinajstić information content (AvgIpc) is 3.28. The van der Waals surface area contributed by atoms with Crippen molar-refractivity contribution in [1.29, 1.82) is 0 Å². The molecule has 0 saturated heterocycles. The number of aromatic carboxylic acids is 1. The lowest BCUT2D eigenvalue weighted by Crippen LogP contribution is -2.19. The molecule has 3 nitrogen and oxygen atoms in total. The number of carboxylic acids is 1. The van der Waals surface area contributed by atoms with E-state index in [4.69, 9.17) is 16.7 Å². The summed E-state index contributed by atoms with van der Waals surface area (Å²) in [5, 5.41) is 23.2. The van der Waals surface area contributed by atoms with E-state index in [2.05, 4.69) is 11.8 Å². The van der Waals surface area contributed by atoms with Crippen LogP contribution in [0.25, 0.3) is 0 Å². The van der Waals surface area contributed by atoms with Gasteiger partial charge >= 0.3 is 5.97 Å². The minimum Gasteiger partial charge on any atom is -0.477 e. The predicted molar refractivity (Wildman–Crippen MR) is 103 cm³/mol. The lowest BCUT2D eigenvalue weighted by atomic mass is 9.90. The van der Waals surface area contributed by atoms with E-state index in [9.17, 15) is 9.90 Å². The molecule has 0 aromatic carbocycles. The molecular formula is C19H19ClO3S2. The number of aliphatic hydroxyl groups excluding tert-OH is 1. The largest absolute Gasteiger partial charge is 0.477 e. The molecule has 1 aliphatic rings. The number of hydrogen-bond donors (Lipinski definition) is 2. The van der Waals surface area contributed by atoms with E-state index in [1.165, 1.54) is 11.3 Å². The molecule has 0 bridgehead atoms. The van der Waals surface area contributed by atoms with Crippen molar-refractivity contribution in [2.45, 2.75) is 37.2 Å². The second kappa shape index (κ2) is 8.37. The minimum atomic E-state index is -0.875. The average molecular weight is 395 g/mol. The Morgan fingerprint density at radius 1 is 1.36 bits per heavy atom. The lowest BCUT2D eigenvalue weighted by Gasteiger charge is -2.18. The van der Waals surface area contributed by atoms with Crippen LogP contribution in [0.3, 0.4) is 0 Å². The molecule has 2 aromatic rings. The van der Waals surface area contributed by atoms with Crippen molar-refractivity contribution in [2.24, 2.45) is 11.8 Å². The summed E-state index contributed by atoms with van der Waals surface area (Å²) in [6.07, 6.45) is 2.74. The maximum atomic E-state index is 10.9. The van der Waals surface area contributed by atoms with Crippen LogP contribution in [0.2, 0.25) is 0 Å². The van der Waals surface area contributed by atoms with E-state index in [0.29, 0.717) is 11.3 Å². The van der Waals surface area contributed by atoms with Gasteiger partial charge in [-0.3, -0.25) is 0 Å². The molecule has 0 unspecified atom stereocenters. The number of aliphatic hydroxyl groups is 1. The van der Waals surface area contributed by atoms with E-state index < -0.39 is 12.1 Å². The van der Waals surface area contributed by atoms with Gasteiger partial charge in [0.15, 0.2) is 0 Å². The van der Waals surface area contributed by atoms with E-state index in [-0.39, 0.29) is 17.2 Å². The fourth-order valence-electron chi connectivity index (χ4n) is 3.27. The molecule has 1 fully saturated rings. The molecule has 0 aliphatic heterocycles. The number of rotatable bonds is 5. The Hall–Kier alpha value is -1.32. The van der Waals surface area contributed by atoms with Crippen LogP contribution in [0.15, 0.2) is 29.0 Å². The van der Waals surface area contributed by atoms with Crippen LogP contribution in [-0.4, -0.2) is 27.7 Å². The number of aryl methyl sites for hydroxylation is 1. The van der Waals surface area contributed by atoms with E-state index in [1.54, 1.807) is 17.4 Å². The van der Waals surface area contributed by atoms with Crippen molar-refractivity contribution in [3.05, 3.63) is 44.3 Å². The molecule has 1 aliphatic carbocycles. The smallest absolute Gasteiger partial charge is 0.345 e. The summed E-state index contributed by atoms with van der Waals surface area (Å²) < 4.78 is 0. The van der Waals surface area contributed by atoms with Gasteiger partial charge in [-0.2, -0.15) is 11.3 Å². The van der Waals surface area contributed by atoms with Gasteiger partial charge in [0.05, 0.1) is 12.0 Å². The van der Waals surface area contributed by atoms with E-state index >= 15 is 0 Å². The van der Waals surface area contributed by atoms with Crippen LogP contribution in [0.1, 0.15) is 39.4 Å². The summed E-state index contributed by atoms with van der Waals surface area (Å²) >= 11 is 9.39. The molecule has 2 heterocycles. The molecule has 6 heteroatoms. The van der Waals surface area contributed by atoms with E-state index in [1.807, 2.05) is 22.9 Å². The summed E-state index contributed by atoms with van der Waals surface area (Å²) in [4.78, 5) is 12.4. The molecule has 1 saturated carbocycles. The van der Waals surface area contributed by atoms with Crippen molar-refractivity contribution in [3.8, 4) is 11.8 Å². The first-order valence-corrected chi connectivity index (χ1v) is 10.4. The highest BCUT2D eigenvalue weighted by molar-refractivity contribution is 7.13. The minimum absolute atomic E-state index is 0.0605. The molecule has 132 valence electrons. The number of thiophene rings is 2. The second-order valence-corrected chi connectivity index (χ2v) is 8.76. The van der Waals surface area contributed by atoms with Gasteiger partial charge in [0.1, 0.15) is 4.88 Å². The monoisotopic (exact) mass is 394 g/mol. The topological polar surface area (TPSA) is 57.5 Å². The van der Waals surface area contributed by atoms with Crippen molar-refractivity contribution in [1.82, 2.24) is 0 Å². The van der Waals surface area contributed by atoms with Crippen LogP contribution < -0.4 is 0 Å². The quantitative estimate of drug-likeness (QED) is 0.580. The normalized spacial score (nSPS) is 25.5.